The van der Waals surface area contributed by atoms with E-state index < -0.39 is 0 Å². The van der Waals surface area contributed by atoms with Gasteiger partial charge in [0.1, 0.15) is 0 Å². The molecule has 1 amide bonds. The molecule has 2 aliphatic rings. The molecular weight excluding hydrogens is 390 g/mol. The number of aryl methyl sites for hydroxylation is 1. The molecule has 1 aliphatic carbocycles. The third-order valence-corrected chi connectivity index (χ3v) is 6.21. The molecule has 1 aromatic carbocycles. The van der Waals surface area contributed by atoms with E-state index in [9.17, 15) is 9.59 Å². The number of esters is 1. The topological polar surface area (TPSA) is 64.4 Å². The van der Waals surface area contributed by atoms with Crippen molar-refractivity contribution in [3.63, 3.8) is 0 Å². The van der Waals surface area contributed by atoms with Crippen molar-refractivity contribution in [3.05, 3.63) is 46.2 Å². The monoisotopic (exact) mass is 415 g/mol. The summed E-state index contributed by atoms with van der Waals surface area (Å²) in [7, 11) is 0. The van der Waals surface area contributed by atoms with Crippen LogP contribution in [0.4, 0.5) is 0 Å². The number of piperidine rings is 1. The number of likely N-dealkylation sites (tertiary alicyclic amines) is 1. The summed E-state index contributed by atoms with van der Waals surface area (Å²) in [6.45, 7) is 5.30. The number of hydrogen-bond acceptors (Lipinski definition) is 4. The van der Waals surface area contributed by atoms with Crippen molar-refractivity contribution in [2.75, 3.05) is 19.7 Å². The summed E-state index contributed by atoms with van der Waals surface area (Å²) in [6, 6.07) is 5.85. The van der Waals surface area contributed by atoms with Gasteiger partial charge in [-0.1, -0.05) is 17.7 Å². The molecule has 2 heterocycles. The van der Waals surface area contributed by atoms with Crippen LogP contribution >= 0.6 is 11.6 Å². The molecule has 154 valence electrons. The average Bonchev–Trinajstić information content (AvgIpc) is 3.48. The van der Waals surface area contributed by atoms with Gasteiger partial charge in [0.15, 0.2) is 0 Å². The Kier molecular flexibility index (Phi) is 5.63. The zero-order valence-corrected chi connectivity index (χ0v) is 17.6. The molecule has 1 aliphatic heterocycles. The lowest BCUT2D eigenvalue weighted by Gasteiger charge is -2.31. The predicted molar refractivity (Wildman–Crippen MR) is 111 cm³/mol. The minimum atomic E-state index is -0.151. The summed E-state index contributed by atoms with van der Waals surface area (Å²) < 4.78 is 6.99. The van der Waals surface area contributed by atoms with Gasteiger partial charge in [0.2, 0.25) is 0 Å². The molecule has 0 spiro atoms. The third kappa shape index (κ3) is 4.04. The van der Waals surface area contributed by atoms with Gasteiger partial charge in [-0.25, -0.2) is 4.68 Å². The summed E-state index contributed by atoms with van der Waals surface area (Å²) in [4.78, 5) is 27.0. The number of hydrogen-bond donors (Lipinski definition) is 0. The Morgan fingerprint density at radius 1 is 1.21 bits per heavy atom. The maximum absolute atomic E-state index is 13.3. The van der Waals surface area contributed by atoms with Gasteiger partial charge >= 0.3 is 5.97 Å². The highest BCUT2D eigenvalue weighted by molar-refractivity contribution is 6.31. The number of halogens is 1. The third-order valence-electron chi connectivity index (χ3n) is 5.80. The molecule has 2 aromatic rings. The normalized spacial score (nSPS) is 17.4. The zero-order chi connectivity index (χ0) is 20.5. The number of carbonyl (C=O) groups excluding carboxylic acids is 2. The molecular formula is C22H26ClN3O3. The molecule has 0 N–H and O–H groups in total. The van der Waals surface area contributed by atoms with Crippen molar-refractivity contribution in [2.45, 2.75) is 45.4 Å². The molecule has 29 heavy (non-hydrogen) atoms. The molecule has 0 unspecified atom stereocenters. The first-order valence-corrected chi connectivity index (χ1v) is 10.7. The molecule has 2 fully saturated rings. The van der Waals surface area contributed by atoms with E-state index in [-0.39, 0.29) is 17.8 Å². The van der Waals surface area contributed by atoms with Crippen LogP contribution in [0.2, 0.25) is 5.02 Å². The van der Waals surface area contributed by atoms with Crippen molar-refractivity contribution in [1.29, 1.82) is 0 Å². The zero-order valence-electron chi connectivity index (χ0n) is 16.9. The van der Waals surface area contributed by atoms with Crippen LogP contribution < -0.4 is 0 Å². The minimum Gasteiger partial charge on any atom is -0.466 e. The maximum atomic E-state index is 13.3. The number of nitrogens with zero attached hydrogens (tertiary/aromatic N) is 3. The first kappa shape index (κ1) is 20.0. The molecule has 1 saturated heterocycles. The first-order valence-electron chi connectivity index (χ1n) is 10.3. The van der Waals surface area contributed by atoms with Crippen molar-refractivity contribution < 1.29 is 14.3 Å². The molecule has 0 atom stereocenters. The lowest BCUT2D eigenvalue weighted by molar-refractivity contribution is -0.149. The van der Waals surface area contributed by atoms with Crippen LogP contribution in [0.5, 0.6) is 0 Å². The second-order valence-electron chi connectivity index (χ2n) is 7.88. The van der Waals surface area contributed by atoms with E-state index in [1.54, 1.807) is 6.20 Å². The van der Waals surface area contributed by atoms with Crippen LogP contribution in [0.25, 0.3) is 5.69 Å². The van der Waals surface area contributed by atoms with Gasteiger partial charge in [0.25, 0.3) is 5.91 Å². The van der Waals surface area contributed by atoms with Crippen LogP contribution in [0, 0.1) is 12.8 Å². The fraction of sp³-hybridized carbons (Fsp3) is 0.500. The van der Waals surface area contributed by atoms with Gasteiger partial charge in [0, 0.05) is 24.0 Å². The smallest absolute Gasteiger partial charge is 0.309 e. The highest BCUT2D eigenvalue weighted by Gasteiger charge is 2.36. The number of aromatic nitrogens is 2. The van der Waals surface area contributed by atoms with Crippen LogP contribution in [-0.4, -0.2) is 46.3 Å². The lowest BCUT2D eigenvalue weighted by atomic mass is 9.96. The molecule has 6 nitrogen and oxygen atoms in total. The van der Waals surface area contributed by atoms with Gasteiger partial charge in [-0.3, -0.25) is 9.59 Å². The summed E-state index contributed by atoms with van der Waals surface area (Å²) in [5.74, 6) is 0.0916. The van der Waals surface area contributed by atoms with Crippen LogP contribution in [0.3, 0.4) is 0 Å². The summed E-state index contributed by atoms with van der Waals surface area (Å²) >= 11 is 6.31. The van der Waals surface area contributed by atoms with Crippen molar-refractivity contribution in [1.82, 2.24) is 14.7 Å². The molecule has 0 bridgehead atoms. The number of rotatable bonds is 5. The Balaban J connectivity index is 1.55. The number of benzene rings is 1. The van der Waals surface area contributed by atoms with E-state index in [1.807, 2.05) is 41.6 Å². The van der Waals surface area contributed by atoms with E-state index in [0.29, 0.717) is 49.0 Å². The van der Waals surface area contributed by atoms with E-state index in [0.717, 1.165) is 29.8 Å². The highest BCUT2D eigenvalue weighted by Crippen LogP contribution is 2.43. The average molecular weight is 416 g/mol. The Hall–Kier alpha value is -2.34. The summed E-state index contributed by atoms with van der Waals surface area (Å²) in [5.41, 5.74) is 3.53. The van der Waals surface area contributed by atoms with Gasteiger partial charge in [0.05, 0.1) is 35.7 Å². The number of carbonyl (C=O) groups is 2. The highest BCUT2D eigenvalue weighted by atomic mass is 35.5. The van der Waals surface area contributed by atoms with E-state index in [1.165, 1.54) is 0 Å². The van der Waals surface area contributed by atoms with Crippen LogP contribution in [-0.2, 0) is 9.53 Å². The predicted octanol–water partition coefficient (Wildman–Crippen LogP) is 4.13. The van der Waals surface area contributed by atoms with Crippen molar-refractivity contribution in [2.24, 2.45) is 5.92 Å². The van der Waals surface area contributed by atoms with Gasteiger partial charge in [-0.15, -0.1) is 0 Å². The fourth-order valence-electron chi connectivity index (χ4n) is 3.94. The van der Waals surface area contributed by atoms with Gasteiger partial charge < -0.3 is 9.64 Å². The Labute approximate surface area is 175 Å². The minimum absolute atomic E-state index is 0.00123. The Morgan fingerprint density at radius 3 is 2.55 bits per heavy atom. The lowest BCUT2D eigenvalue weighted by Crippen LogP contribution is -2.40. The molecule has 0 radical (unpaired) electrons. The van der Waals surface area contributed by atoms with Crippen molar-refractivity contribution >= 4 is 23.5 Å². The summed E-state index contributed by atoms with van der Waals surface area (Å²) in [6.07, 6.45) is 5.10. The SMILES string of the molecule is CCOC(=O)C1CCN(C(=O)c2cnn(-c3ccc(C)c(Cl)c3)c2C2CC2)CC1. The van der Waals surface area contributed by atoms with Crippen molar-refractivity contribution in [3.8, 4) is 5.69 Å². The fourth-order valence-corrected chi connectivity index (χ4v) is 4.12. The molecule has 1 aromatic heterocycles. The first-order chi connectivity index (χ1) is 14.0. The second kappa shape index (κ2) is 8.19. The molecule has 4 rings (SSSR count). The largest absolute Gasteiger partial charge is 0.466 e. The second-order valence-corrected chi connectivity index (χ2v) is 8.29. The molecule has 7 heteroatoms. The van der Waals surface area contributed by atoms with Crippen LogP contribution in [0.15, 0.2) is 24.4 Å². The van der Waals surface area contributed by atoms with Gasteiger partial charge in [-0.2, -0.15) is 5.10 Å². The quantitative estimate of drug-likeness (QED) is 0.689. The Bertz CT molecular complexity index is 927. The van der Waals surface area contributed by atoms with E-state index in [2.05, 4.69) is 5.10 Å². The standard InChI is InChI=1S/C22H26ClN3O3/c1-3-29-22(28)16-8-10-25(11-9-16)21(27)18-13-24-26(20(18)15-5-6-15)17-7-4-14(2)19(23)12-17/h4,7,12-13,15-16H,3,5-6,8-11H2,1-2H3. The Morgan fingerprint density at radius 2 is 1.93 bits per heavy atom. The summed E-state index contributed by atoms with van der Waals surface area (Å²) in [5, 5.41) is 5.23. The maximum Gasteiger partial charge on any atom is 0.309 e. The van der Waals surface area contributed by atoms with E-state index in [4.69, 9.17) is 16.3 Å². The number of ether oxygens (including phenoxy) is 1. The molecule has 1 saturated carbocycles. The van der Waals surface area contributed by atoms with Crippen LogP contribution in [0.1, 0.15) is 60.1 Å². The van der Waals surface area contributed by atoms with Gasteiger partial charge in [-0.05, 0) is 57.2 Å². The van der Waals surface area contributed by atoms with E-state index >= 15 is 0 Å². The number of amides is 1.